The van der Waals surface area contributed by atoms with Crippen LogP contribution in [-0.2, 0) is 0 Å². The summed E-state index contributed by atoms with van der Waals surface area (Å²) in [5.74, 6) is 0. The van der Waals surface area contributed by atoms with Crippen LogP contribution in [0.15, 0.2) is 5.10 Å². The first kappa shape index (κ1) is 11.7. The summed E-state index contributed by atoms with van der Waals surface area (Å²) in [6, 6.07) is 0. The molecule has 0 radical (unpaired) electrons. The molecule has 0 bridgehead atoms. The molecule has 0 N–H and O–H groups in total. The first-order valence-electron chi connectivity index (χ1n) is 3.78. The number of hydrogen-bond acceptors (Lipinski definition) is 3. The normalized spacial score (nSPS) is 23.0. The van der Waals surface area contributed by atoms with Crippen LogP contribution < -0.4 is 0 Å². The maximum absolute atomic E-state index is 5.80. The fourth-order valence-electron chi connectivity index (χ4n) is 1.09. The predicted molar refractivity (Wildman–Crippen MR) is 60.3 cm³/mol. The van der Waals surface area contributed by atoms with Gasteiger partial charge in [0.25, 0.3) is 0 Å². The molecule has 0 fully saturated rings. The average molecular weight is 309 g/mol. The van der Waals surface area contributed by atoms with Crippen LogP contribution in [0.1, 0.15) is 13.3 Å². The smallest absolute Gasteiger partial charge is 0.231 e. The second kappa shape index (κ2) is 4.43. The van der Waals surface area contributed by atoms with Gasteiger partial charge in [0.1, 0.15) is 6.34 Å². The van der Waals surface area contributed by atoms with Crippen molar-refractivity contribution in [3.63, 3.8) is 0 Å². The van der Waals surface area contributed by atoms with E-state index >= 15 is 0 Å². The Morgan fingerprint density at radius 1 is 1.54 bits per heavy atom. The Hall–Kier alpha value is 0.620. The molecule has 0 aromatic heterocycles. The fraction of sp³-hybridized carbons (Fsp3) is 0.833. The molecule has 13 heavy (non-hydrogen) atoms. The van der Waals surface area contributed by atoms with Gasteiger partial charge in [0, 0.05) is 6.54 Å². The molecular formula is C6H9BrCl3N3. The van der Waals surface area contributed by atoms with Crippen LogP contribution in [0.4, 0.5) is 0 Å². The molecule has 1 aliphatic rings. The largest absolute Gasteiger partial charge is 0.270 e. The van der Waals surface area contributed by atoms with Gasteiger partial charge in [0.2, 0.25) is 3.79 Å². The highest BCUT2D eigenvalue weighted by Crippen LogP contribution is 2.38. The summed E-state index contributed by atoms with van der Waals surface area (Å²) in [4.78, 5) is 0. The van der Waals surface area contributed by atoms with Crippen molar-refractivity contribution in [3.8, 4) is 0 Å². The first-order valence-corrected chi connectivity index (χ1v) is 5.62. The molecule has 0 spiro atoms. The minimum atomic E-state index is -1.38. The van der Waals surface area contributed by atoms with Gasteiger partial charge in [0.15, 0.2) is 6.17 Å². The average Bonchev–Trinajstić information content (AvgIpc) is 2.31. The molecule has 76 valence electrons. The van der Waals surface area contributed by atoms with Crippen LogP contribution in [0, 0.1) is 0 Å². The Morgan fingerprint density at radius 3 is 2.62 bits per heavy atom. The summed E-state index contributed by atoms with van der Waals surface area (Å²) in [7, 11) is 0. The molecule has 1 aliphatic heterocycles. The number of hydrogen-bond donors (Lipinski definition) is 0. The topological polar surface area (TPSA) is 18.8 Å². The minimum Gasteiger partial charge on any atom is -0.270 e. The molecule has 0 aromatic rings. The van der Waals surface area contributed by atoms with Crippen LogP contribution in [-0.4, -0.2) is 31.8 Å². The summed E-state index contributed by atoms with van der Waals surface area (Å²) in [5.41, 5.74) is 0. The quantitative estimate of drug-likeness (QED) is 0.577. The summed E-state index contributed by atoms with van der Waals surface area (Å²) in [6.45, 7) is 2.80. The molecule has 7 heteroatoms. The Balaban J connectivity index is 2.70. The van der Waals surface area contributed by atoms with Crippen molar-refractivity contribution >= 4 is 57.3 Å². The molecule has 1 heterocycles. The molecule has 0 aliphatic carbocycles. The molecule has 0 saturated carbocycles. The molecule has 0 saturated heterocycles. The fourth-order valence-corrected chi connectivity index (χ4v) is 2.69. The number of rotatable bonds is 2. The van der Waals surface area contributed by atoms with Crippen LogP contribution in [0.2, 0.25) is 0 Å². The van der Waals surface area contributed by atoms with Crippen molar-refractivity contribution in [2.75, 3.05) is 6.54 Å². The van der Waals surface area contributed by atoms with Gasteiger partial charge in [-0.05, 0) is 6.42 Å². The van der Waals surface area contributed by atoms with Gasteiger partial charge < -0.3 is 0 Å². The zero-order valence-electron chi connectivity index (χ0n) is 6.92. The lowest BCUT2D eigenvalue weighted by atomic mass is 10.4. The lowest BCUT2D eigenvalue weighted by Gasteiger charge is -2.31. The van der Waals surface area contributed by atoms with E-state index in [9.17, 15) is 0 Å². The lowest BCUT2D eigenvalue weighted by Crippen LogP contribution is -2.45. The van der Waals surface area contributed by atoms with Crippen molar-refractivity contribution in [1.82, 2.24) is 8.93 Å². The Kier molecular flexibility index (Phi) is 3.98. The third-order valence-corrected chi connectivity index (χ3v) is 2.73. The zero-order chi connectivity index (χ0) is 10.1. The van der Waals surface area contributed by atoms with E-state index in [-0.39, 0.29) is 6.17 Å². The van der Waals surface area contributed by atoms with Crippen molar-refractivity contribution in [2.24, 2.45) is 5.10 Å². The third-order valence-electron chi connectivity index (χ3n) is 1.57. The molecule has 1 unspecified atom stereocenters. The third kappa shape index (κ3) is 2.78. The maximum atomic E-state index is 5.80. The monoisotopic (exact) mass is 307 g/mol. The van der Waals surface area contributed by atoms with Gasteiger partial charge in [-0.3, -0.25) is 8.93 Å². The summed E-state index contributed by atoms with van der Waals surface area (Å²) < 4.78 is 0.227. The van der Waals surface area contributed by atoms with Crippen LogP contribution >= 0.6 is 51.0 Å². The van der Waals surface area contributed by atoms with Gasteiger partial charge >= 0.3 is 0 Å². The van der Waals surface area contributed by atoms with E-state index in [1.807, 2.05) is 6.92 Å². The Morgan fingerprint density at radius 2 is 2.15 bits per heavy atom. The number of halogens is 4. The van der Waals surface area contributed by atoms with Crippen LogP contribution in [0.5, 0.6) is 0 Å². The van der Waals surface area contributed by atoms with Crippen LogP contribution in [0.3, 0.4) is 0 Å². The van der Waals surface area contributed by atoms with E-state index in [4.69, 9.17) is 34.8 Å². The van der Waals surface area contributed by atoms with Crippen molar-refractivity contribution in [3.05, 3.63) is 0 Å². The lowest BCUT2D eigenvalue weighted by molar-refractivity contribution is 0.185. The van der Waals surface area contributed by atoms with E-state index in [2.05, 4.69) is 21.2 Å². The van der Waals surface area contributed by atoms with Gasteiger partial charge in [-0.1, -0.05) is 41.7 Å². The van der Waals surface area contributed by atoms with Crippen LogP contribution in [0.25, 0.3) is 0 Å². The molecule has 0 aromatic carbocycles. The molecule has 1 atom stereocenters. The highest BCUT2D eigenvalue weighted by atomic mass is 79.9. The van der Waals surface area contributed by atoms with Crippen molar-refractivity contribution < 1.29 is 0 Å². The summed E-state index contributed by atoms with van der Waals surface area (Å²) in [5, 5.41) is 5.83. The Labute approximate surface area is 101 Å². The number of alkyl halides is 3. The first-order chi connectivity index (χ1) is 5.96. The van der Waals surface area contributed by atoms with E-state index < -0.39 is 3.79 Å². The van der Waals surface area contributed by atoms with E-state index in [0.29, 0.717) is 0 Å². The molecule has 3 nitrogen and oxygen atoms in total. The molecular weight excluding hydrogens is 300 g/mol. The van der Waals surface area contributed by atoms with Gasteiger partial charge in [-0.25, -0.2) is 0 Å². The standard InChI is InChI=1S/C6H9BrCl3N3/c1-2-3-13-5(6(8,9)10)12(7)4-11-13/h4-5H,2-3H2,1H3. The number of nitrogens with zero attached hydrogens (tertiary/aromatic N) is 3. The predicted octanol–water partition coefficient (Wildman–Crippen LogP) is 2.96. The van der Waals surface area contributed by atoms with Gasteiger partial charge in [-0.15, -0.1) is 0 Å². The minimum absolute atomic E-state index is 0.377. The summed E-state index contributed by atoms with van der Waals surface area (Å²) in [6.07, 6.45) is 2.16. The van der Waals surface area contributed by atoms with E-state index in [1.165, 1.54) is 0 Å². The SMILES string of the molecule is CCCN1N=CN(Br)C1C(Cl)(Cl)Cl. The highest BCUT2D eigenvalue weighted by molar-refractivity contribution is 9.07. The maximum Gasteiger partial charge on any atom is 0.231 e. The number of hydrazone groups is 1. The van der Waals surface area contributed by atoms with Crippen molar-refractivity contribution in [1.29, 1.82) is 0 Å². The molecule has 1 rings (SSSR count). The molecule has 0 amide bonds. The zero-order valence-corrected chi connectivity index (χ0v) is 10.8. The summed E-state index contributed by atoms with van der Waals surface area (Å²) >= 11 is 20.6. The van der Waals surface area contributed by atoms with Crippen molar-refractivity contribution in [2.45, 2.75) is 23.3 Å². The van der Waals surface area contributed by atoms with E-state index in [1.54, 1.807) is 15.3 Å². The van der Waals surface area contributed by atoms with Gasteiger partial charge in [0.05, 0.1) is 16.1 Å². The second-order valence-electron chi connectivity index (χ2n) is 2.65. The van der Waals surface area contributed by atoms with E-state index in [0.717, 1.165) is 13.0 Å². The highest BCUT2D eigenvalue weighted by Gasteiger charge is 2.42. The Bertz CT molecular complexity index is 206. The second-order valence-corrected chi connectivity index (χ2v) is 5.84. The van der Waals surface area contributed by atoms with Gasteiger partial charge in [-0.2, -0.15) is 5.10 Å².